The fourth-order valence-electron chi connectivity index (χ4n) is 2.93. The highest BCUT2D eigenvalue weighted by atomic mass is 14.9. The Kier molecular flexibility index (Phi) is 2.24. The quantitative estimate of drug-likeness (QED) is 0.736. The van der Waals surface area contributed by atoms with E-state index in [9.17, 15) is 0 Å². The topological polar surface area (TPSA) is 12.0 Å². The first-order valence-electron chi connectivity index (χ1n) is 5.89. The predicted octanol–water partition coefficient (Wildman–Crippen LogP) is 3.31. The van der Waals surface area contributed by atoms with Crippen LogP contribution in [0.5, 0.6) is 0 Å². The van der Waals surface area contributed by atoms with Crippen LogP contribution in [0.1, 0.15) is 12.8 Å². The summed E-state index contributed by atoms with van der Waals surface area (Å²) in [4.78, 5) is 0. The Balaban J connectivity index is 1.57. The molecule has 1 aromatic rings. The van der Waals surface area contributed by atoms with Crippen molar-refractivity contribution in [2.75, 3.05) is 11.9 Å². The zero-order chi connectivity index (χ0) is 10.1. The summed E-state index contributed by atoms with van der Waals surface area (Å²) < 4.78 is 0. The minimum absolute atomic E-state index is 0.853. The molecule has 2 aliphatic rings. The van der Waals surface area contributed by atoms with Crippen LogP contribution in [0.15, 0.2) is 42.5 Å². The summed E-state index contributed by atoms with van der Waals surface area (Å²) in [7, 11) is 0. The predicted molar refractivity (Wildman–Crippen MR) is 63.8 cm³/mol. The lowest BCUT2D eigenvalue weighted by molar-refractivity contribution is 0.472. The Bertz CT molecular complexity index is 355. The maximum Gasteiger partial charge on any atom is 0.0340 e. The second kappa shape index (κ2) is 3.73. The summed E-state index contributed by atoms with van der Waals surface area (Å²) in [5.74, 6) is 2.60. The van der Waals surface area contributed by atoms with Crippen LogP contribution in [-0.4, -0.2) is 6.54 Å². The van der Waals surface area contributed by atoms with Gasteiger partial charge in [0.15, 0.2) is 0 Å². The van der Waals surface area contributed by atoms with Crippen molar-refractivity contribution in [3.63, 3.8) is 0 Å². The zero-order valence-electron chi connectivity index (χ0n) is 8.89. The molecule has 3 rings (SSSR count). The highest BCUT2D eigenvalue weighted by Crippen LogP contribution is 2.43. The van der Waals surface area contributed by atoms with E-state index in [2.05, 4.69) is 47.8 Å². The molecule has 2 aliphatic carbocycles. The van der Waals surface area contributed by atoms with E-state index in [0.29, 0.717) is 0 Å². The van der Waals surface area contributed by atoms with Crippen molar-refractivity contribution in [2.45, 2.75) is 12.8 Å². The monoisotopic (exact) mass is 199 g/mol. The third-order valence-electron chi connectivity index (χ3n) is 3.76. The lowest BCUT2D eigenvalue weighted by atomic mass is 9.93. The van der Waals surface area contributed by atoms with Crippen LogP contribution in [0.3, 0.4) is 0 Å². The molecule has 3 unspecified atom stereocenters. The van der Waals surface area contributed by atoms with Crippen LogP contribution in [-0.2, 0) is 0 Å². The van der Waals surface area contributed by atoms with Gasteiger partial charge in [0, 0.05) is 12.2 Å². The molecule has 0 radical (unpaired) electrons. The first-order chi connectivity index (χ1) is 7.42. The molecular weight excluding hydrogens is 182 g/mol. The summed E-state index contributed by atoms with van der Waals surface area (Å²) in [6.07, 6.45) is 7.62. The van der Waals surface area contributed by atoms with Gasteiger partial charge in [-0.05, 0) is 42.7 Å². The Morgan fingerprint density at radius 2 is 1.93 bits per heavy atom. The summed E-state index contributed by atoms with van der Waals surface area (Å²) in [5, 5.41) is 3.54. The van der Waals surface area contributed by atoms with Crippen molar-refractivity contribution in [2.24, 2.45) is 17.8 Å². The molecule has 0 saturated heterocycles. The molecule has 15 heavy (non-hydrogen) atoms. The zero-order valence-corrected chi connectivity index (χ0v) is 8.89. The lowest BCUT2D eigenvalue weighted by Crippen LogP contribution is -2.18. The van der Waals surface area contributed by atoms with Crippen LogP contribution in [0.25, 0.3) is 0 Å². The molecule has 0 heterocycles. The number of fused-ring (bicyclic) bond motifs is 2. The molecule has 1 nitrogen and oxygen atoms in total. The molecule has 2 bridgehead atoms. The smallest absolute Gasteiger partial charge is 0.0340 e. The van der Waals surface area contributed by atoms with Gasteiger partial charge in [-0.15, -0.1) is 0 Å². The molecule has 1 fully saturated rings. The third kappa shape index (κ3) is 1.79. The Morgan fingerprint density at radius 3 is 2.60 bits per heavy atom. The number of hydrogen-bond acceptors (Lipinski definition) is 1. The van der Waals surface area contributed by atoms with E-state index in [-0.39, 0.29) is 0 Å². The van der Waals surface area contributed by atoms with Gasteiger partial charge >= 0.3 is 0 Å². The molecule has 0 aromatic heterocycles. The molecule has 0 amide bonds. The van der Waals surface area contributed by atoms with Crippen molar-refractivity contribution in [3.05, 3.63) is 42.5 Å². The molecule has 1 N–H and O–H groups in total. The average molecular weight is 199 g/mol. The van der Waals surface area contributed by atoms with Crippen molar-refractivity contribution in [3.8, 4) is 0 Å². The molecule has 1 heteroatoms. The van der Waals surface area contributed by atoms with E-state index in [1.165, 1.54) is 18.5 Å². The molecule has 1 aromatic carbocycles. The summed E-state index contributed by atoms with van der Waals surface area (Å²) in [5.41, 5.74) is 1.25. The molecule has 0 aliphatic heterocycles. The molecule has 78 valence electrons. The van der Waals surface area contributed by atoms with Gasteiger partial charge in [-0.25, -0.2) is 0 Å². The number of hydrogen-bond donors (Lipinski definition) is 1. The summed E-state index contributed by atoms with van der Waals surface area (Å²) >= 11 is 0. The highest BCUT2D eigenvalue weighted by molar-refractivity contribution is 5.42. The number of rotatable bonds is 3. The van der Waals surface area contributed by atoms with E-state index in [4.69, 9.17) is 0 Å². The number of allylic oxidation sites excluding steroid dienone is 2. The fourth-order valence-corrected chi connectivity index (χ4v) is 2.93. The fraction of sp³-hybridized carbons (Fsp3) is 0.429. The second-order valence-corrected chi connectivity index (χ2v) is 4.79. The minimum atomic E-state index is 0.853. The van der Waals surface area contributed by atoms with Crippen LogP contribution in [0.2, 0.25) is 0 Å². The van der Waals surface area contributed by atoms with Crippen LogP contribution < -0.4 is 5.32 Å². The first-order valence-corrected chi connectivity index (χ1v) is 5.89. The van der Waals surface area contributed by atoms with Crippen molar-refractivity contribution in [1.82, 2.24) is 0 Å². The Labute approximate surface area is 91.2 Å². The van der Waals surface area contributed by atoms with E-state index < -0.39 is 0 Å². The number of para-hydroxylation sites is 1. The number of anilines is 1. The van der Waals surface area contributed by atoms with Gasteiger partial charge in [0.25, 0.3) is 0 Å². The van der Waals surface area contributed by atoms with Gasteiger partial charge < -0.3 is 5.32 Å². The molecule has 0 spiro atoms. The van der Waals surface area contributed by atoms with Gasteiger partial charge in [0.2, 0.25) is 0 Å². The second-order valence-electron chi connectivity index (χ2n) is 4.79. The SMILES string of the molecule is C1=CC2CC1CC2CNc1ccccc1. The van der Waals surface area contributed by atoms with Gasteiger partial charge in [0.1, 0.15) is 0 Å². The maximum absolute atomic E-state index is 3.54. The van der Waals surface area contributed by atoms with E-state index >= 15 is 0 Å². The molecule has 3 atom stereocenters. The van der Waals surface area contributed by atoms with Gasteiger partial charge in [-0.3, -0.25) is 0 Å². The van der Waals surface area contributed by atoms with Crippen molar-refractivity contribution >= 4 is 5.69 Å². The number of nitrogens with one attached hydrogen (secondary N) is 1. The van der Waals surface area contributed by atoms with Crippen LogP contribution in [0.4, 0.5) is 5.69 Å². The maximum atomic E-state index is 3.54. The molecule has 1 saturated carbocycles. The minimum Gasteiger partial charge on any atom is -0.385 e. The van der Waals surface area contributed by atoms with E-state index in [1.807, 2.05) is 0 Å². The summed E-state index contributed by atoms with van der Waals surface area (Å²) in [6, 6.07) is 10.5. The van der Waals surface area contributed by atoms with Crippen LogP contribution in [0, 0.1) is 17.8 Å². The van der Waals surface area contributed by atoms with Gasteiger partial charge in [-0.2, -0.15) is 0 Å². The largest absolute Gasteiger partial charge is 0.385 e. The van der Waals surface area contributed by atoms with Crippen molar-refractivity contribution in [1.29, 1.82) is 0 Å². The van der Waals surface area contributed by atoms with Crippen molar-refractivity contribution < 1.29 is 0 Å². The average Bonchev–Trinajstić information content (AvgIpc) is 2.89. The van der Waals surface area contributed by atoms with Gasteiger partial charge in [-0.1, -0.05) is 30.4 Å². The standard InChI is InChI=1S/C14H17N/c1-2-4-14(5-3-1)15-10-13-9-11-6-7-12(13)8-11/h1-7,11-13,15H,8-10H2. The summed E-state index contributed by atoms with van der Waals surface area (Å²) in [6.45, 7) is 1.13. The van der Waals surface area contributed by atoms with E-state index in [1.54, 1.807) is 0 Å². The van der Waals surface area contributed by atoms with E-state index in [0.717, 1.165) is 24.3 Å². The normalized spacial score (nSPS) is 32.1. The Hall–Kier alpha value is -1.24. The van der Waals surface area contributed by atoms with Crippen LogP contribution >= 0.6 is 0 Å². The van der Waals surface area contributed by atoms with Gasteiger partial charge in [0.05, 0.1) is 0 Å². The highest BCUT2D eigenvalue weighted by Gasteiger charge is 2.34. The first kappa shape index (κ1) is 9.02. The third-order valence-corrected chi connectivity index (χ3v) is 3.76. The Morgan fingerprint density at radius 1 is 1.07 bits per heavy atom. The lowest BCUT2D eigenvalue weighted by Gasteiger charge is -2.19. The molecular formula is C14H17N. The number of benzene rings is 1.